The Morgan fingerprint density at radius 1 is 1.22 bits per heavy atom. The van der Waals surface area contributed by atoms with Crippen LogP contribution in [0.15, 0.2) is 18.2 Å². The molecule has 0 heterocycles. The molecular weight excluding hydrogens is 267 g/mol. The van der Waals surface area contributed by atoms with Crippen LogP contribution in [-0.2, 0) is 0 Å². The molecule has 0 spiro atoms. The van der Waals surface area contributed by atoms with E-state index in [1.54, 1.807) is 0 Å². The minimum absolute atomic E-state index is 0.0856. The van der Waals surface area contributed by atoms with E-state index >= 15 is 0 Å². The zero-order valence-electron chi connectivity index (χ0n) is 9.25. The summed E-state index contributed by atoms with van der Waals surface area (Å²) in [4.78, 5) is 11.6. The van der Waals surface area contributed by atoms with Gasteiger partial charge in [-0.25, -0.2) is 0 Å². The van der Waals surface area contributed by atoms with E-state index in [4.69, 9.17) is 11.5 Å². The van der Waals surface area contributed by atoms with Crippen molar-refractivity contribution in [2.24, 2.45) is 0 Å². The summed E-state index contributed by atoms with van der Waals surface area (Å²) in [6, 6.07) is 4.29. The lowest BCUT2D eigenvalue weighted by molar-refractivity contribution is -0.0327. The van der Waals surface area contributed by atoms with Crippen LogP contribution in [-0.4, -0.2) is 23.7 Å². The molecule has 1 amide bonds. The lowest BCUT2D eigenvalue weighted by Gasteiger charge is -2.08. The largest absolute Gasteiger partial charge is 0.441 e. The van der Waals surface area contributed by atoms with Crippen molar-refractivity contribution in [2.75, 3.05) is 23.8 Å². The van der Waals surface area contributed by atoms with E-state index in [0.29, 0.717) is 11.4 Å². The van der Waals surface area contributed by atoms with E-state index in [-0.39, 0.29) is 29.6 Å². The molecule has 0 saturated carbocycles. The monoisotopic (exact) mass is 279 g/mol. The van der Waals surface area contributed by atoms with Gasteiger partial charge in [0.1, 0.15) is 0 Å². The van der Waals surface area contributed by atoms with Crippen LogP contribution < -0.4 is 16.8 Å². The maximum absolute atomic E-state index is 11.8. The number of carbonyl (C=O) groups is 1. The minimum atomic E-state index is -4.29. The molecule has 4 nitrogen and oxygen atoms in total. The van der Waals surface area contributed by atoms with Gasteiger partial charge < -0.3 is 16.8 Å². The van der Waals surface area contributed by atoms with Crippen molar-refractivity contribution in [3.63, 3.8) is 0 Å². The third-order valence-corrected chi connectivity index (χ3v) is 2.63. The topological polar surface area (TPSA) is 81.1 Å². The highest BCUT2D eigenvalue weighted by molar-refractivity contribution is 8.00. The van der Waals surface area contributed by atoms with Gasteiger partial charge in [0.05, 0.1) is 0 Å². The van der Waals surface area contributed by atoms with Gasteiger partial charge in [-0.05, 0) is 30.0 Å². The average Bonchev–Trinajstić information content (AvgIpc) is 2.21. The molecule has 8 heteroatoms. The second kappa shape index (κ2) is 5.85. The number of thioether (sulfide) groups is 1. The number of anilines is 2. The molecular formula is C10H12F3N3OS. The van der Waals surface area contributed by atoms with Crippen LogP contribution in [0, 0.1) is 0 Å². The molecule has 0 aromatic heterocycles. The van der Waals surface area contributed by atoms with Gasteiger partial charge in [-0.1, -0.05) is 0 Å². The van der Waals surface area contributed by atoms with Gasteiger partial charge in [0, 0.05) is 29.2 Å². The third-order valence-electron chi connectivity index (χ3n) is 1.89. The fraction of sp³-hybridized carbons (Fsp3) is 0.300. The molecule has 5 N–H and O–H groups in total. The van der Waals surface area contributed by atoms with Crippen molar-refractivity contribution >= 4 is 29.0 Å². The molecule has 0 saturated heterocycles. The Kier molecular flexibility index (Phi) is 4.71. The van der Waals surface area contributed by atoms with Gasteiger partial charge in [0.15, 0.2) is 0 Å². The van der Waals surface area contributed by atoms with Crippen molar-refractivity contribution in [3.8, 4) is 0 Å². The molecule has 18 heavy (non-hydrogen) atoms. The number of hydrogen-bond donors (Lipinski definition) is 3. The van der Waals surface area contributed by atoms with E-state index in [9.17, 15) is 18.0 Å². The SMILES string of the molecule is Nc1cc(N)cc(C(=O)NCCSC(F)(F)F)c1. The zero-order chi connectivity index (χ0) is 13.8. The lowest BCUT2D eigenvalue weighted by atomic mass is 10.1. The Balaban J connectivity index is 2.46. The predicted molar refractivity (Wildman–Crippen MR) is 66.1 cm³/mol. The number of amides is 1. The van der Waals surface area contributed by atoms with Crippen LogP contribution in [0.2, 0.25) is 0 Å². The first-order chi connectivity index (χ1) is 8.28. The number of halogens is 3. The Morgan fingerprint density at radius 2 is 1.78 bits per heavy atom. The fourth-order valence-electron chi connectivity index (χ4n) is 1.24. The van der Waals surface area contributed by atoms with Crippen molar-refractivity contribution < 1.29 is 18.0 Å². The van der Waals surface area contributed by atoms with E-state index in [0.717, 1.165) is 0 Å². The highest BCUT2D eigenvalue weighted by Gasteiger charge is 2.27. The molecule has 1 aromatic carbocycles. The molecule has 0 radical (unpaired) electrons. The number of hydrogen-bond acceptors (Lipinski definition) is 4. The fourth-order valence-corrected chi connectivity index (χ4v) is 1.68. The van der Waals surface area contributed by atoms with Crippen LogP contribution in [0.1, 0.15) is 10.4 Å². The maximum atomic E-state index is 11.8. The normalized spacial score (nSPS) is 11.3. The summed E-state index contributed by atoms with van der Waals surface area (Å²) in [7, 11) is 0. The van der Waals surface area contributed by atoms with Crippen LogP contribution in [0.25, 0.3) is 0 Å². The van der Waals surface area contributed by atoms with E-state index in [1.807, 2.05) is 0 Å². The molecule has 0 aliphatic rings. The van der Waals surface area contributed by atoms with Gasteiger partial charge in [-0.3, -0.25) is 4.79 Å². The summed E-state index contributed by atoms with van der Waals surface area (Å²) in [6.07, 6.45) is 0. The summed E-state index contributed by atoms with van der Waals surface area (Å²) >= 11 is -0.187. The molecule has 1 aromatic rings. The van der Waals surface area contributed by atoms with Crippen LogP contribution >= 0.6 is 11.8 Å². The van der Waals surface area contributed by atoms with E-state index in [1.165, 1.54) is 18.2 Å². The van der Waals surface area contributed by atoms with Gasteiger partial charge >= 0.3 is 5.51 Å². The second-order valence-corrected chi connectivity index (χ2v) is 4.60. The summed E-state index contributed by atoms with van der Waals surface area (Å²) in [5.41, 5.74) is 7.58. The molecule has 0 aliphatic heterocycles. The third kappa shape index (κ3) is 5.17. The quantitative estimate of drug-likeness (QED) is 0.580. The highest BCUT2D eigenvalue weighted by Crippen LogP contribution is 2.29. The average molecular weight is 279 g/mol. The maximum Gasteiger partial charge on any atom is 0.441 e. The minimum Gasteiger partial charge on any atom is -0.399 e. The Labute approximate surface area is 106 Å². The number of nitrogen functional groups attached to an aromatic ring is 2. The number of rotatable bonds is 4. The standard InChI is InChI=1S/C10H12F3N3OS/c11-10(12,13)18-2-1-16-9(17)6-3-7(14)5-8(15)4-6/h3-5H,1-2,14-15H2,(H,16,17). The first-order valence-corrected chi connectivity index (χ1v) is 5.91. The number of nitrogens with one attached hydrogen (secondary N) is 1. The Morgan fingerprint density at radius 3 is 2.28 bits per heavy atom. The van der Waals surface area contributed by atoms with Crippen molar-refractivity contribution in [3.05, 3.63) is 23.8 Å². The van der Waals surface area contributed by atoms with Crippen LogP contribution in [0.5, 0.6) is 0 Å². The lowest BCUT2D eigenvalue weighted by Crippen LogP contribution is -2.26. The van der Waals surface area contributed by atoms with Gasteiger partial charge in [-0.2, -0.15) is 13.2 Å². The smallest absolute Gasteiger partial charge is 0.399 e. The second-order valence-electron chi connectivity index (χ2n) is 3.44. The number of carbonyl (C=O) groups excluding carboxylic acids is 1. The zero-order valence-corrected chi connectivity index (χ0v) is 10.1. The van der Waals surface area contributed by atoms with Crippen molar-refractivity contribution in [1.82, 2.24) is 5.32 Å². The molecule has 0 bridgehead atoms. The molecule has 1 rings (SSSR count). The molecule has 0 atom stereocenters. The Bertz CT molecular complexity index is 417. The molecule has 0 aliphatic carbocycles. The van der Waals surface area contributed by atoms with E-state index in [2.05, 4.69) is 5.32 Å². The van der Waals surface area contributed by atoms with Gasteiger partial charge in [0.2, 0.25) is 0 Å². The molecule has 0 unspecified atom stereocenters. The Hall–Kier alpha value is -1.57. The summed E-state index contributed by atoms with van der Waals surface area (Å²) in [6.45, 7) is -0.0856. The van der Waals surface area contributed by atoms with Crippen LogP contribution in [0.3, 0.4) is 0 Å². The van der Waals surface area contributed by atoms with Crippen molar-refractivity contribution in [1.29, 1.82) is 0 Å². The summed E-state index contributed by atoms with van der Waals surface area (Å²) in [5, 5.41) is 2.36. The number of nitrogens with two attached hydrogens (primary N) is 2. The van der Waals surface area contributed by atoms with Gasteiger partial charge in [0.25, 0.3) is 5.91 Å². The number of benzene rings is 1. The predicted octanol–water partition coefficient (Wildman–Crippen LogP) is 1.83. The van der Waals surface area contributed by atoms with Crippen LogP contribution in [0.4, 0.5) is 24.5 Å². The van der Waals surface area contributed by atoms with Crippen molar-refractivity contribution in [2.45, 2.75) is 5.51 Å². The summed E-state index contributed by atoms with van der Waals surface area (Å²) < 4.78 is 35.5. The highest BCUT2D eigenvalue weighted by atomic mass is 32.2. The molecule has 100 valence electrons. The molecule has 0 fully saturated rings. The first-order valence-electron chi connectivity index (χ1n) is 4.93. The summed E-state index contributed by atoms with van der Waals surface area (Å²) in [5.74, 6) is -0.746. The van der Waals surface area contributed by atoms with E-state index < -0.39 is 11.4 Å². The first kappa shape index (κ1) is 14.5. The van der Waals surface area contributed by atoms with Gasteiger partial charge in [-0.15, -0.1) is 0 Å². The number of alkyl halides is 3.